The van der Waals surface area contributed by atoms with Crippen molar-refractivity contribution < 1.29 is 9.94 Å². The monoisotopic (exact) mass is 401 g/mol. The highest BCUT2D eigenvalue weighted by atomic mass is 16.5. The van der Waals surface area contributed by atoms with Crippen molar-refractivity contribution in [1.82, 2.24) is 14.5 Å². The molecule has 7 heteroatoms. The Hall–Kier alpha value is -3.87. The van der Waals surface area contributed by atoms with Crippen molar-refractivity contribution in [3.63, 3.8) is 0 Å². The summed E-state index contributed by atoms with van der Waals surface area (Å²) in [7, 11) is 1.98. The average Bonchev–Trinajstić information content (AvgIpc) is 3.03. The summed E-state index contributed by atoms with van der Waals surface area (Å²) in [6.07, 6.45) is 2.85. The van der Waals surface area contributed by atoms with Crippen molar-refractivity contribution in [2.24, 2.45) is 12.2 Å². The first-order valence-electron chi connectivity index (χ1n) is 9.68. The van der Waals surface area contributed by atoms with Gasteiger partial charge in [0.2, 0.25) is 5.95 Å². The van der Waals surface area contributed by atoms with Crippen LogP contribution >= 0.6 is 0 Å². The minimum Gasteiger partial charge on any atom is -0.457 e. The first-order valence-corrected chi connectivity index (χ1v) is 9.68. The molecule has 0 saturated carbocycles. The van der Waals surface area contributed by atoms with Crippen LogP contribution in [0.2, 0.25) is 0 Å². The van der Waals surface area contributed by atoms with Crippen LogP contribution in [0.3, 0.4) is 0 Å². The van der Waals surface area contributed by atoms with Crippen LogP contribution < -0.4 is 10.1 Å². The predicted octanol–water partition coefficient (Wildman–Crippen LogP) is 5.44. The van der Waals surface area contributed by atoms with Crippen LogP contribution in [0.1, 0.15) is 31.0 Å². The Balaban J connectivity index is 1.60. The van der Waals surface area contributed by atoms with E-state index in [1.165, 1.54) is 11.8 Å². The fraction of sp³-hybridized carbons (Fsp3) is 0.174. The van der Waals surface area contributed by atoms with Crippen molar-refractivity contribution in [2.75, 3.05) is 5.32 Å². The highest BCUT2D eigenvalue weighted by Gasteiger charge is 2.10. The third-order valence-corrected chi connectivity index (χ3v) is 4.84. The van der Waals surface area contributed by atoms with Crippen molar-refractivity contribution in [1.29, 1.82) is 0 Å². The summed E-state index contributed by atoms with van der Waals surface area (Å²) < 4.78 is 7.95. The van der Waals surface area contributed by atoms with E-state index in [0.717, 1.165) is 22.7 Å². The summed E-state index contributed by atoms with van der Waals surface area (Å²) in [6.45, 7) is 4.36. The number of nitrogens with one attached hydrogen (secondary N) is 1. The Morgan fingerprint density at radius 3 is 2.73 bits per heavy atom. The van der Waals surface area contributed by atoms with Gasteiger partial charge in [-0.3, -0.25) is 4.98 Å². The van der Waals surface area contributed by atoms with Gasteiger partial charge in [0.1, 0.15) is 11.5 Å². The van der Waals surface area contributed by atoms with Gasteiger partial charge in [-0.15, -0.1) is 0 Å². The lowest BCUT2D eigenvalue weighted by molar-refractivity contribution is 0.321. The van der Waals surface area contributed by atoms with Gasteiger partial charge in [0.25, 0.3) is 0 Å². The zero-order valence-electron chi connectivity index (χ0n) is 17.1. The molecule has 0 bridgehead atoms. The molecular weight excluding hydrogens is 378 g/mol. The number of rotatable bonds is 6. The molecule has 4 rings (SSSR count). The lowest BCUT2D eigenvalue weighted by atomic mass is 10.0. The van der Waals surface area contributed by atoms with Gasteiger partial charge in [-0.25, -0.2) is 4.98 Å². The Bertz CT molecular complexity index is 1210. The van der Waals surface area contributed by atoms with Crippen LogP contribution in [-0.2, 0) is 7.05 Å². The molecule has 0 radical (unpaired) electrons. The summed E-state index contributed by atoms with van der Waals surface area (Å²) in [5.41, 5.74) is 4.60. The molecular formula is C23H23N5O2. The molecule has 7 nitrogen and oxygen atoms in total. The number of aromatic nitrogens is 3. The molecule has 0 spiro atoms. The largest absolute Gasteiger partial charge is 0.457 e. The number of hydrogen-bond acceptors (Lipinski definition) is 6. The molecule has 2 aromatic carbocycles. The number of pyridine rings is 1. The Morgan fingerprint density at radius 1 is 1.10 bits per heavy atom. The Morgan fingerprint density at radius 2 is 1.93 bits per heavy atom. The van der Waals surface area contributed by atoms with Crippen LogP contribution in [0.25, 0.3) is 11.0 Å². The molecule has 0 atom stereocenters. The molecule has 2 N–H and O–H groups in total. The van der Waals surface area contributed by atoms with Crippen molar-refractivity contribution >= 4 is 28.9 Å². The summed E-state index contributed by atoms with van der Waals surface area (Å²) in [4.78, 5) is 8.82. The van der Waals surface area contributed by atoms with E-state index in [0.29, 0.717) is 23.1 Å². The molecule has 0 unspecified atom stereocenters. The fourth-order valence-corrected chi connectivity index (χ4v) is 3.22. The maximum atomic E-state index is 8.67. The van der Waals surface area contributed by atoms with E-state index in [2.05, 4.69) is 47.5 Å². The summed E-state index contributed by atoms with van der Waals surface area (Å²) >= 11 is 0. The van der Waals surface area contributed by atoms with Crippen LogP contribution in [-0.4, -0.2) is 26.0 Å². The number of benzene rings is 2. The van der Waals surface area contributed by atoms with E-state index in [-0.39, 0.29) is 0 Å². The zero-order chi connectivity index (χ0) is 21.1. The molecule has 30 heavy (non-hydrogen) atoms. The first kappa shape index (κ1) is 19.4. The van der Waals surface area contributed by atoms with E-state index in [1.54, 1.807) is 18.3 Å². The predicted molar refractivity (Wildman–Crippen MR) is 118 cm³/mol. The highest BCUT2D eigenvalue weighted by molar-refractivity contribution is 5.81. The number of aryl methyl sites for hydroxylation is 1. The number of hydrogen-bond donors (Lipinski definition) is 2. The summed E-state index contributed by atoms with van der Waals surface area (Å²) in [5, 5.41) is 15.1. The van der Waals surface area contributed by atoms with E-state index < -0.39 is 0 Å². The number of oxime groups is 1. The third kappa shape index (κ3) is 4.10. The van der Waals surface area contributed by atoms with Crippen molar-refractivity contribution in [3.8, 4) is 11.5 Å². The van der Waals surface area contributed by atoms with Gasteiger partial charge in [0.15, 0.2) is 0 Å². The molecule has 4 aromatic rings. The average molecular weight is 401 g/mol. The Kier molecular flexibility index (Phi) is 5.34. The second kappa shape index (κ2) is 8.24. The molecule has 152 valence electrons. The smallest absolute Gasteiger partial charge is 0.208 e. The quantitative estimate of drug-likeness (QED) is 0.255. The number of ether oxygens (including phenoxy) is 1. The Labute approximate surface area is 174 Å². The molecule has 0 aliphatic rings. The third-order valence-electron chi connectivity index (χ3n) is 4.84. The van der Waals surface area contributed by atoms with Crippen LogP contribution in [0, 0.1) is 0 Å². The topological polar surface area (TPSA) is 84.6 Å². The number of fused-ring (bicyclic) bond motifs is 1. The summed E-state index contributed by atoms with van der Waals surface area (Å²) in [5.74, 6) is 2.48. The van der Waals surface area contributed by atoms with Gasteiger partial charge >= 0.3 is 0 Å². The summed E-state index contributed by atoms with van der Waals surface area (Å²) in [6, 6.07) is 17.6. The number of imidazole rings is 1. The first-order chi connectivity index (χ1) is 14.5. The van der Waals surface area contributed by atoms with Gasteiger partial charge in [-0.1, -0.05) is 31.1 Å². The maximum absolute atomic E-state index is 8.67. The van der Waals surface area contributed by atoms with E-state index in [1.807, 2.05) is 35.9 Å². The molecule has 0 saturated heterocycles. The second-order valence-corrected chi connectivity index (χ2v) is 7.31. The molecule has 2 heterocycles. The van der Waals surface area contributed by atoms with Gasteiger partial charge in [0, 0.05) is 31.1 Å². The molecule has 0 aliphatic heterocycles. The van der Waals surface area contributed by atoms with E-state index in [4.69, 9.17) is 14.9 Å². The van der Waals surface area contributed by atoms with Gasteiger partial charge < -0.3 is 19.8 Å². The maximum Gasteiger partial charge on any atom is 0.208 e. The van der Waals surface area contributed by atoms with Gasteiger partial charge in [-0.2, -0.15) is 0 Å². The van der Waals surface area contributed by atoms with Gasteiger partial charge in [-0.05, 0) is 41.8 Å². The molecule has 2 aromatic heterocycles. The molecule has 0 aliphatic carbocycles. The number of nitrogens with zero attached hydrogens (tertiary/aromatic N) is 4. The second-order valence-electron chi connectivity index (χ2n) is 7.31. The normalized spacial score (nSPS) is 11.5. The van der Waals surface area contributed by atoms with Crippen LogP contribution in [0.15, 0.2) is 65.9 Å². The van der Waals surface area contributed by atoms with Crippen molar-refractivity contribution in [2.45, 2.75) is 19.8 Å². The molecule has 0 amide bonds. The SMILES string of the molecule is CC(C)c1cccc(Nc2nc3cc(Oc4ccnc(C=NO)c4)ccc3n2C)c1. The minimum atomic E-state index is 0.462. The fourth-order valence-electron chi connectivity index (χ4n) is 3.22. The minimum absolute atomic E-state index is 0.462. The van der Waals surface area contributed by atoms with E-state index >= 15 is 0 Å². The zero-order valence-corrected chi connectivity index (χ0v) is 17.1. The lowest BCUT2D eigenvalue weighted by Gasteiger charge is -2.10. The van der Waals surface area contributed by atoms with Crippen molar-refractivity contribution in [3.05, 3.63) is 72.1 Å². The number of anilines is 2. The van der Waals surface area contributed by atoms with Crippen LogP contribution in [0.4, 0.5) is 11.6 Å². The van der Waals surface area contributed by atoms with Gasteiger partial charge in [0.05, 0.1) is 22.9 Å². The van der Waals surface area contributed by atoms with Crippen LogP contribution in [0.5, 0.6) is 11.5 Å². The van der Waals surface area contributed by atoms with E-state index in [9.17, 15) is 0 Å². The molecule has 0 fully saturated rings. The highest BCUT2D eigenvalue weighted by Crippen LogP contribution is 2.28. The standard InChI is InChI=1S/C23H23N5O2/c1-15(2)16-5-4-6-17(11-16)26-23-27-21-13-19(7-8-22(21)28(23)3)30-20-9-10-24-18(12-20)14-25-29/h4-15,29H,1-3H3,(H,26,27). The lowest BCUT2D eigenvalue weighted by Crippen LogP contribution is -1.99.